The molecule has 81 valence electrons. The minimum atomic E-state index is -0.995. The van der Waals surface area contributed by atoms with Crippen molar-refractivity contribution in [2.75, 3.05) is 6.61 Å². The number of aromatic carboxylic acids is 1. The van der Waals surface area contributed by atoms with Gasteiger partial charge in [-0.25, -0.2) is 4.79 Å². The number of carboxylic acid groups (broad SMARTS) is 1. The molecule has 0 amide bonds. The third kappa shape index (κ3) is 1.84. The smallest absolute Gasteiger partial charge is 0.339 e. The Morgan fingerprint density at radius 2 is 2.19 bits per heavy atom. The quantitative estimate of drug-likeness (QED) is 0.856. The lowest BCUT2D eigenvalue weighted by molar-refractivity contribution is 0.0692. The molecule has 0 fully saturated rings. The van der Waals surface area contributed by atoms with Crippen molar-refractivity contribution in [2.45, 2.75) is 6.92 Å². The van der Waals surface area contributed by atoms with Crippen LogP contribution < -0.4 is 4.74 Å². The summed E-state index contributed by atoms with van der Waals surface area (Å²) in [6.45, 7) is 2.24. The fourth-order valence-electron chi connectivity index (χ4n) is 1.56. The van der Waals surface area contributed by atoms with Crippen molar-refractivity contribution in [3.8, 4) is 5.75 Å². The highest BCUT2D eigenvalue weighted by atomic mass is 16.5. The molecule has 0 saturated carbocycles. The van der Waals surface area contributed by atoms with E-state index in [9.17, 15) is 4.79 Å². The molecule has 2 aromatic carbocycles. The number of rotatable bonds is 3. The van der Waals surface area contributed by atoms with E-state index >= 15 is 0 Å². The van der Waals surface area contributed by atoms with Crippen molar-refractivity contribution in [2.24, 2.45) is 0 Å². The van der Waals surface area contributed by atoms with E-state index in [0.29, 0.717) is 12.4 Å². The van der Waals surface area contributed by atoms with Crippen LogP contribution in [-0.4, -0.2) is 17.7 Å². The Morgan fingerprint density at radius 3 is 2.88 bits per heavy atom. The third-order valence-corrected chi connectivity index (χ3v) is 2.27. The van der Waals surface area contributed by atoms with Gasteiger partial charge < -0.3 is 9.84 Å². The number of carboxylic acids is 1. The first-order valence-corrected chi connectivity index (χ1v) is 5.03. The molecule has 0 aliphatic rings. The normalized spacial score (nSPS) is 10.3. The highest BCUT2D eigenvalue weighted by molar-refractivity contribution is 5.97. The molecule has 0 atom stereocenters. The monoisotopic (exact) mass is 215 g/mol. The lowest BCUT2D eigenvalue weighted by Gasteiger charge is -2.08. The number of ether oxygens (including phenoxy) is 1. The van der Waals surface area contributed by atoms with Crippen LogP contribution in [0.3, 0.4) is 0 Å². The lowest BCUT2D eigenvalue weighted by Crippen LogP contribution is -2.03. The van der Waals surface area contributed by atoms with Gasteiger partial charge in [-0.3, -0.25) is 0 Å². The molecule has 2 rings (SSSR count). The van der Waals surface area contributed by atoms with Gasteiger partial charge in [0, 0.05) is 6.07 Å². The topological polar surface area (TPSA) is 46.5 Å². The van der Waals surface area contributed by atoms with Gasteiger partial charge in [-0.2, -0.15) is 0 Å². The van der Waals surface area contributed by atoms with Crippen molar-refractivity contribution in [1.29, 1.82) is 0 Å². The first-order valence-electron chi connectivity index (χ1n) is 5.03. The summed E-state index contributed by atoms with van der Waals surface area (Å²) in [7, 11) is 0. The maximum absolute atomic E-state index is 11.0. The summed E-state index contributed by atoms with van der Waals surface area (Å²) in [6.07, 6.45) is 0. The first kappa shape index (κ1) is 10.5. The van der Waals surface area contributed by atoms with Crippen LogP contribution >= 0.6 is 0 Å². The fourth-order valence-corrected chi connectivity index (χ4v) is 1.56. The van der Waals surface area contributed by atoms with E-state index < -0.39 is 5.97 Å². The molecule has 2 aromatic rings. The van der Waals surface area contributed by atoms with Gasteiger partial charge in [0.2, 0.25) is 0 Å². The van der Waals surface area contributed by atoms with Gasteiger partial charge in [-0.15, -0.1) is 0 Å². The van der Waals surface area contributed by atoms with E-state index in [1.165, 1.54) is 0 Å². The Hall–Kier alpha value is -2.03. The molecule has 0 bridgehead atoms. The summed E-state index contributed by atoms with van der Waals surface area (Å²) >= 11 is 0. The highest BCUT2D eigenvalue weighted by Gasteiger charge is 2.12. The summed E-state index contributed by atoms with van der Waals surface area (Å²) in [5.41, 5.74) is 0.153. The van der Waals surface area contributed by atoms with E-state index in [1.54, 1.807) is 6.07 Å². The minimum absolute atomic E-state index is 0.153. The molecule has 0 aliphatic heterocycles. The molecule has 1 N–H and O–H groups in total. The average Bonchev–Trinajstić information content (AvgIpc) is 2.28. The summed E-state index contributed by atoms with van der Waals surface area (Å²) in [6, 6.07) is 12.1. The van der Waals surface area contributed by atoms with Crippen LogP contribution in [0.2, 0.25) is 0 Å². The summed E-state index contributed by atoms with van der Waals surface area (Å²) in [5, 5.41) is 10.8. The van der Waals surface area contributed by atoms with Gasteiger partial charge in [-0.1, -0.05) is 24.3 Å². The molecular weight excluding hydrogens is 204 g/mol. The number of hydrogen-bond acceptors (Lipinski definition) is 2. The van der Waals surface area contributed by atoms with Crippen molar-refractivity contribution in [3.05, 3.63) is 42.0 Å². The largest absolute Gasteiger partial charge is 0.492 e. The van der Waals surface area contributed by atoms with Crippen LogP contribution in [0.1, 0.15) is 17.3 Å². The molecule has 3 nitrogen and oxygen atoms in total. The Bertz CT molecular complexity index is 532. The second kappa shape index (κ2) is 4.23. The minimum Gasteiger partial charge on any atom is -0.492 e. The Labute approximate surface area is 93.3 Å². The van der Waals surface area contributed by atoms with Crippen LogP contribution in [0.5, 0.6) is 5.75 Å². The van der Waals surface area contributed by atoms with Gasteiger partial charge >= 0.3 is 5.97 Å². The van der Waals surface area contributed by atoms with E-state index in [2.05, 4.69) is 6.07 Å². The maximum Gasteiger partial charge on any atom is 0.339 e. The van der Waals surface area contributed by atoms with Gasteiger partial charge in [0.05, 0.1) is 6.61 Å². The molecule has 0 aliphatic carbocycles. The molecule has 0 unspecified atom stereocenters. The fraction of sp³-hybridized carbons (Fsp3) is 0.154. The zero-order chi connectivity index (χ0) is 11.5. The van der Waals surface area contributed by atoms with Crippen LogP contribution in [0, 0.1) is 6.07 Å². The summed E-state index contributed by atoms with van der Waals surface area (Å²) < 4.78 is 5.27. The Morgan fingerprint density at radius 1 is 1.44 bits per heavy atom. The van der Waals surface area contributed by atoms with Crippen molar-refractivity contribution in [1.82, 2.24) is 0 Å². The molecule has 3 heteroatoms. The number of benzene rings is 2. The van der Waals surface area contributed by atoms with Crippen molar-refractivity contribution in [3.63, 3.8) is 0 Å². The van der Waals surface area contributed by atoms with E-state index in [4.69, 9.17) is 9.84 Å². The molecular formula is C13H11O3. The summed E-state index contributed by atoms with van der Waals surface area (Å²) in [4.78, 5) is 11.0. The predicted molar refractivity (Wildman–Crippen MR) is 60.9 cm³/mol. The van der Waals surface area contributed by atoms with Gasteiger partial charge in [0.25, 0.3) is 0 Å². The molecule has 1 radical (unpaired) electrons. The van der Waals surface area contributed by atoms with Crippen molar-refractivity contribution >= 4 is 16.7 Å². The highest BCUT2D eigenvalue weighted by Crippen LogP contribution is 2.25. The third-order valence-electron chi connectivity index (χ3n) is 2.27. The van der Waals surface area contributed by atoms with E-state index in [-0.39, 0.29) is 5.56 Å². The Kier molecular flexibility index (Phi) is 2.77. The van der Waals surface area contributed by atoms with Crippen LogP contribution in [0.4, 0.5) is 0 Å². The molecule has 16 heavy (non-hydrogen) atoms. The number of hydrogen-bond donors (Lipinski definition) is 1. The van der Waals surface area contributed by atoms with Crippen LogP contribution in [0.25, 0.3) is 10.8 Å². The SMILES string of the molecule is CCOc1[c]c2ccccc2cc1C(=O)O. The van der Waals surface area contributed by atoms with E-state index in [1.807, 2.05) is 31.2 Å². The zero-order valence-electron chi connectivity index (χ0n) is 8.86. The standard InChI is InChI=1S/C13H11O3/c1-2-16-12-8-10-6-4-3-5-9(10)7-11(12)13(14)15/h3-7H,2H2,1H3,(H,14,15). The molecule has 0 aromatic heterocycles. The zero-order valence-corrected chi connectivity index (χ0v) is 8.86. The maximum atomic E-state index is 11.0. The number of carbonyl (C=O) groups is 1. The lowest BCUT2D eigenvalue weighted by atomic mass is 10.1. The van der Waals surface area contributed by atoms with Gasteiger partial charge in [-0.05, 0) is 23.8 Å². The second-order valence-corrected chi connectivity index (χ2v) is 3.34. The van der Waals surface area contributed by atoms with E-state index in [0.717, 1.165) is 10.8 Å². The van der Waals surface area contributed by atoms with Crippen molar-refractivity contribution < 1.29 is 14.6 Å². The molecule has 0 heterocycles. The van der Waals surface area contributed by atoms with Gasteiger partial charge in [0.1, 0.15) is 11.3 Å². The average molecular weight is 215 g/mol. The van der Waals surface area contributed by atoms with Crippen LogP contribution in [0.15, 0.2) is 30.3 Å². The summed E-state index contributed by atoms with van der Waals surface area (Å²) in [5.74, 6) is -0.695. The molecule has 0 saturated heterocycles. The van der Waals surface area contributed by atoms with Crippen LogP contribution in [-0.2, 0) is 0 Å². The predicted octanol–water partition coefficient (Wildman–Crippen LogP) is 2.74. The number of fused-ring (bicyclic) bond motifs is 1. The second-order valence-electron chi connectivity index (χ2n) is 3.34. The Balaban J connectivity index is 2.65. The molecule has 0 spiro atoms. The first-order chi connectivity index (χ1) is 7.72. The van der Waals surface area contributed by atoms with Gasteiger partial charge in [0.15, 0.2) is 0 Å².